The van der Waals surface area contributed by atoms with Crippen LogP contribution in [0.25, 0.3) is 10.9 Å². The molecule has 25 heavy (non-hydrogen) atoms. The van der Waals surface area contributed by atoms with Crippen molar-refractivity contribution >= 4 is 16.6 Å². The van der Waals surface area contributed by atoms with Crippen LogP contribution in [0, 0.1) is 16.5 Å². The number of hydrogen-bond donors (Lipinski definition) is 1. The van der Waals surface area contributed by atoms with Gasteiger partial charge in [-0.3, -0.25) is 0 Å². The first-order valence-corrected chi connectivity index (χ1v) is 7.44. The van der Waals surface area contributed by atoms with Gasteiger partial charge in [0.2, 0.25) is 5.88 Å². The smallest absolute Gasteiger partial charge is 0.222 e. The van der Waals surface area contributed by atoms with Gasteiger partial charge < -0.3 is 19.1 Å². The number of hydrogen-bond acceptors (Lipinski definition) is 5. The third kappa shape index (κ3) is 2.51. The summed E-state index contributed by atoms with van der Waals surface area (Å²) >= 11 is 0. The van der Waals surface area contributed by atoms with Gasteiger partial charge >= 0.3 is 0 Å². The second-order valence-electron chi connectivity index (χ2n) is 5.67. The number of nitrogens with zero attached hydrogens (tertiary/aromatic N) is 2. The average Bonchev–Trinajstić information content (AvgIpc) is 2.85. The van der Waals surface area contributed by atoms with Gasteiger partial charge in [-0.2, -0.15) is 0 Å². The minimum absolute atomic E-state index is 0.0174. The minimum atomic E-state index is -0.557. The molecular formula is C17H12F2N2O4. The third-order valence-electron chi connectivity index (χ3n) is 4.14. The van der Waals surface area contributed by atoms with E-state index in [1.807, 2.05) is 0 Å². The molecule has 0 unspecified atom stereocenters. The van der Waals surface area contributed by atoms with Crippen LogP contribution in [0.5, 0.6) is 11.6 Å². The van der Waals surface area contributed by atoms with Crippen LogP contribution in [-0.4, -0.2) is 16.5 Å². The first-order chi connectivity index (χ1) is 12.1. The number of aromatic nitrogens is 1. The quantitative estimate of drug-likeness (QED) is 0.729. The molecule has 4 rings (SSSR count). The lowest BCUT2D eigenvalue weighted by molar-refractivity contribution is -0.0173. The highest BCUT2D eigenvalue weighted by Crippen LogP contribution is 2.40. The van der Waals surface area contributed by atoms with Crippen molar-refractivity contribution < 1.29 is 23.4 Å². The standard InChI is InChI=1S/C17H12F2N2O4/c18-11-1-2-14-13(5-11)15(20-23)17(22)21(14)6-9-3-12(19)4-10-7-24-8-25-16(9)10/h1-5,22H,6-8H2. The van der Waals surface area contributed by atoms with Gasteiger partial charge in [-0.25, -0.2) is 8.78 Å². The van der Waals surface area contributed by atoms with Crippen LogP contribution in [0.15, 0.2) is 35.5 Å². The summed E-state index contributed by atoms with van der Waals surface area (Å²) in [6.07, 6.45) is 0. The molecule has 128 valence electrons. The lowest BCUT2D eigenvalue weighted by atomic mass is 10.1. The number of aromatic hydroxyl groups is 1. The third-order valence-corrected chi connectivity index (χ3v) is 4.14. The molecule has 2 heterocycles. The molecule has 1 aromatic heterocycles. The monoisotopic (exact) mass is 346 g/mol. The van der Waals surface area contributed by atoms with Crippen molar-refractivity contribution in [3.63, 3.8) is 0 Å². The van der Waals surface area contributed by atoms with Gasteiger partial charge in [-0.15, -0.1) is 4.91 Å². The fourth-order valence-corrected chi connectivity index (χ4v) is 3.09. The molecule has 1 N–H and O–H groups in total. The summed E-state index contributed by atoms with van der Waals surface area (Å²) in [5, 5.41) is 13.3. The Balaban J connectivity index is 1.89. The highest BCUT2D eigenvalue weighted by atomic mass is 19.1. The molecule has 0 saturated carbocycles. The average molecular weight is 346 g/mol. The zero-order valence-electron chi connectivity index (χ0n) is 12.8. The molecule has 0 saturated heterocycles. The summed E-state index contributed by atoms with van der Waals surface area (Å²) in [7, 11) is 0. The van der Waals surface area contributed by atoms with E-state index in [0.29, 0.717) is 22.4 Å². The fourth-order valence-electron chi connectivity index (χ4n) is 3.09. The van der Waals surface area contributed by atoms with Crippen molar-refractivity contribution in [2.24, 2.45) is 5.18 Å². The number of benzene rings is 2. The molecule has 0 spiro atoms. The van der Waals surface area contributed by atoms with Crippen molar-refractivity contribution in [3.8, 4) is 11.6 Å². The van der Waals surface area contributed by atoms with E-state index in [1.54, 1.807) is 0 Å². The van der Waals surface area contributed by atoms with Gasteiger partial charge in [0.15, 0.2) is 12.5 Å². The molecule has 2 aromatic carbocycles. The molecule has 8 heteroatoms. The Labute approximate surface area is 140 Å². The summed E-state index contributed by atoms with van der Waals surface area (Å²) < 4.78 is 39.3. The lowest BCUT2D eigenvalue weighted by Gasteiger charge is -2.21. The van der Waals surface area contributed by atoms with Crippen LogP contribution < -0.4 is 4.74 Å². The van der Waals surface area contributed by atoms with Gasteiger partial charge in [0.05, 0.1) is 18.7 Å². The number of halogens is 2. The molecular weight excluding hydrogens is 334 g/mol. The number of fused-ring (bicyclic) bond motifs is 2. The van der Waals surface area contributed by atoms with Gasteiger partial charge in [-0.05, 0) is 35.5 Å². The normalized spacial score (nSPS) is 13.5. The van der Waals surface area contributed by atoms with E-state index >= 15 is 0 Å². The Morgan fingerprint density at radius 1 is 1.20 bits per heavy atom. The molecule has 3 aromatic rings. The summed E-state index contributed by atoms with van der Waals surface area (Å²) in [6.45, 7) is 0.269. The molecule has 0 bridgehead atoms. The first kappa shape index (κ1) is 15.5. The Kier molecular flexibility index (Phi) is 3.61. The van der Waals surface area contributed by atoms with Crippen molar-refractivity contribution in [1.29, 1.82) is 0 Å². The van der Waals surface area contributed by atoms with E-state index in [0.717, 1.165) is 6.07 Å². The predicted octanol–water partition coefficient (Wildman–Crippen LogP) is 3.94. The molecule has 6 nitrogen and oxygen atoms in total. The summed E-state index contributed by atoms with van der Waals surface area (Å²) in [4.78, 5) is 11.1. The Hall–Kier alpha value is -3.00. The summed E-state index contributed by atoms with van der Waals surface area (Å²) in [5.74, 6) is -0.978. The maximum Gasteiger partial charge on any atom is 0.222 e. The summed E-state index contributed by atoms with van der Waals surface area (Å²) in [6, 6.07) is 6.35. The highest BCUT2D eigenvalue weighted by molar-refractivity contribution is 5.95. The van der Waals surface area contributed by atoms with E-state index in [4.69, 9.17) is 9.47 Å². The van der Waals surface area contributed by atoms with Crippen molar-refractivity contribution in [2.75, 3.05) is 6.79 Å². The Morgan fingerprint density at radius 3 is 2.84 bits per heavy atom. The maximum atomic E-state index is 13.9. The molecule has 0 amide bonds. The zero-order valence-corrected chi connectivity index (χ0v) is 12.8. The van der Waals surface area contributed by atoms with Crippen molar-refractivity contribution in [2.45, 2.75) is 13.2 Å². The van der Waals surface area contributed by atoms with Crippen LogP contribution in [0.3, 0.4) is 0 Å². The number of nitroso groups, excluding NO2 is 1. The van der Waals surface area contributed by atoms with Crippen LogP contribution in [0.2, 0.25) is 0 Å². The topological polar surface area (TPSA) is 73.0 Å². The summed E-state index contributed by atoms with van der Waals surface area (Å²) in [5.41, 5.74) is 1.16. The van der Waals surface area contributed by atoms with E-state index in [-0.39, 0.29) is 31.0 Å². The Morgan fingerprint density at radius 2 is 2.04 bits per heavy atom. The molecule has 0 atom stereocenters. The van der Waals surface area contributed by atoms with Crippen LogP contribution in [0.4, 0.5) is 14.5 Å². The van der Waals surface area contributed by atoms with Gasteiger partial charge in [-0.1, -0.05) is 0 Å². The molecule has 0 aliphatic carbocycles. The highest BCUT2D eigenvalue weighted by Gasteiger charge is 2.22. The molecule has 0 radical (unpaired) electrons. The fraction of sp³-hybridized carbons (Fsp3) is 0.176. The van der Waals surface area contributed by atoms with Crippen molar-refractivity contribution in [3.05, 3.63) is 58.0 Å². The van der Waals surface area contributed by atoms with E-state index in [9.17, 15) is 18.8 Å². The molecule has 1 aliphatic heterocycles. The van der Waals surface area contributed by atoms with Crippen molar-refractivity contribution in [1.82, 2.24) is 4.57 Å². The van der Waals surface area contributed by atoms with E-state index in [2.05, 4.69) is 5.18 Å². The lowest BCUT2D eigenvalue weighted by Crippen LogP contribution is -2.14. The van der Waals surface area contributed by atoms with Gasteiger partial charge in [0.25, 0.3) is 0 Å². The van der Waals surface area contributed by atoms with Crippen LogP contribution in [-0.2, 0) is 17.9 Å². The zero-order chi connectivity index (χ0) is 17.6. The molecule has 0 fully saturated rings. The van der Waals surface area contributed by atoms with Crippen LogP contribution >= 0.6 is 0 Å². The first-order valence-electron chi connectivity index (χ1n) is 7.44. The largest absolute Gasteiger partial charge is 0.493 e. The number of rotatable bonds is 3. The minimum Gasteiger partial charge on any atom is -0.493 e. The van der Waals surface area contributed by atoms with E-state index < -0.39 is 17.5 Å². The van der Waals surface area contributed by atoms with Gasteiger partial charge in [0.1, 0.15) is 17.4 Å². The maximum absolute atomic E-state index is 13.9. The second-order valence-corrected chi connectivity index (χ2v) is 5.67. The molecule has 1 aliphatic rings. The number of ether oxygens (including phenoxy) is 2. The van der Waals surface area contributed by atoms with Crippen LogP contribution in [0.1, 0.15) is 11.1 Å². The SMILES string of the molecule is O=Nc1c(O)n(Cc2cc(F)cc3c2OCOC3)c2ccc(F)cc12. The van der Waals surface area contributed by atoms with Gasteiger partial charge in [0, 0.05) is 16.5 Å². The Bertz CT molecular complexity index is 1000. The predicted molar refractivity (Wildman–Crippen MR) is 84.8 cm³/mol. The van der Waals surface area contributed by atoms with E-state index in [1.165, 1.54) is 28.8 Å². The second kappa shape index (κ2) is 5.82.